The van der Waals surface area contributed by atoms with Gasteiger partial charge < -0.3 is 0 Å². The molecule has 3 rings (SSSR count). The first kappa shape index (κ1) is 23.8. The molecule has 0 aliphatic rings. The molecule has 1 amide bonds. The Labute approximate surface area is 204 Å². The molecule has 0 aromatic heterocycles. The molecule has 0 saturated heterocycles. The van der Waals surface area contributed by atoms with Gasteiger partial charge in [0.2, 0.25) is 5.96 Å². The van der Waals surface area contributed by atoms with Crippen molar-refractivity contribution in [1.82, 2.24) is 10.9 Å². The summed E-state index contributed by atoms with van der Waals surface area (Å²) in [6, 6.07) is 18.8. The summed E-state index contributed by atoms with van der Waals surface area (Å²) in [6.07, 6.45) is 3.06. The standard InChI is InChI=1S/C22H15Cl4N5O/c23-16-8-4-14(5-9-16)12-27-30-22(31-28-13-15-6-10-17(24)11-7-15)29-21(32)20-18(25)2-1-3-19(20)26/h1-13H,(H2,29,30,31,32). The number of carbonyl (C=O) groups excluding carboxylic acids is 1. The van der Waals surface area contributed by atoms with Crippen LogP contribution in [0.1, 0.15) is 21.5 Å². The fraction of sp³-hybridized carbons (Fsp3) is 0. The molecule has 0 atom stereocenters. The van der Waals surface area contributed by atoms with Crippen LogP contribution in [0, 0.1) is 0 Å². The molecule has 0 aliphatic carbocycles. The number of halogens is 4. The zero-order valence-electron chi connectivity index (χ0n) is 16.3. The zero-order chi connectivity index (χ0) is 22.9. The molecular weight excluding hydrogens is 492 g/mol. The summed E-state index contributed by atoms with van der Waals surface area (Å²) in [4.78, 5) is 16.6. The van der Waals surface area contributed by atoms with Crippen LogP contribution in [0.25, 0.3) is 0 Å². The molecule has 0 aliphatic heterocycles. The lowest BCUT2D eigenvalue weighted by molar-refractivity contribution is 0.100. The van der Waals surface area contributed by atoms with Crippen LogP contribution in [0.2, 0.25) is 20.1 Å². The summed E-state index contributed by atoms with van der Waals surface area (Å²) in [5.74, 6) is -0.708. The fourth-order valence-electron chi connectivity index (χ4n) is 2.37. The quantitative estimate of drug-likeness (QED) is 0.251. The second-order valence-electron chi connectivity index (χ2n) is 6.21. The Hall–Kier alpha value is -2.90. The SMILES string of the molecule is O=C(N=C(NN=Cc1ccc(Cl)cc1)NN=Cc1ccc(Cl)cc1)c1c(Cl)cccc1Cl. The van der Waals surface area contributed by atoms with Crippen molar-refractivity contribution in [3.63, 3.8) is 0 Å². The number of rotatable bonds is 5. The first-order valence-corrected chi connectivity index (χ1v) is 10.6. The van der Waals surface area contributed by atoms with E-state index in [-0.39, 0.29) is 21.6 Å². The third-order valence-corrected chi connectivity index (χ3v) is 5.03. The number of hydrogen-bond acceptors (Lipinski definition) is 3. The van der Waals surface area contributed by atoms with Crippen molar-refractivity contribution in [2.45, 2.75) is 0 Å². The van der Waals surface area contributed by atoms with Crippen molar-refractivity contribution in [3.05, 3.63) is 104 Å². The maximum absolute atomic E-state index is 12.7. The van der Waals surface area contributed by atoms with Crippen LogP contribution in [0.3, 0.4) is 0 Å². The third kappa shape index (κ3) is 7.07. The van der Waals surface area contributed by atoms with Gasteiger partial charge in [-0.1, -0.05) is 76.7 Å². The number of nitrogens with zero attached hydrogens (tertiary/aromatic N) is 3. The minimum absolute atomic E-state index is 0.0404. The van der Waals surface area contributed by atoms with Gasteiger partial charge in [-0.2, -0.15) is 15.2 Å². The van der Waals surface area contributed by atoms with E-state index in [4.69, 9.17) is 46.4 Å². The molecule has 162 valence electrons. The highest BCUT2D eigenvalue weighted by Gasteiger charge is 2.15. The van der Waals surface area contributed by atoms with Gasteiger partial charge in [0.05, 0.1) is 28.0 Å². The van der Waals surface area contributed by atoms with Crippen molar-refractivity contribution < 1.29 is 4.79 Å². The lowest BCUT2D eigenvalue weighted by atomic mass is 10.2. The van der Waals surface area contributed by atoms with Gasteiger partial charge in [-0.3, -0.25) is 4.79 Å². The lowest BCUT2D eigenvalue weighted by Crippen LogP contribution is -2.32. The Kier molecular flexibility index (Phi) is 8.64. The monoisotopic (exact) mass is 505 g/mol. The van der Waals surface area contributed by atoms with Crippen LogP contribution in [-0.4, -0.2) is 24.3 Å². The van der Waals surface area contributed by atoms with Gasteiger partial charge in [-0.25, -0.2) is 10.9 Å². The first-order valence-electron chi connectivity index (χ1n) is 9.08. The summed E-state index contributed by atoms with van der Waals surface area (Å²) >= 11 is 24.0. The number of amides is 1. The minimum Gasteiger partial charge on any atom is -0.267 e. The predicted molar refractivity (Wildman–Crippen MR) is 133 cm³/mol. The van der Waals surface area contributed by atoms with Gasteiger partial charge in [0.15, 0.2) is 0 Å². The highest BCUT2D eigenvalue weighted by molar-refractivity contribution is 6.40. The summed E-state index contributed by atoms with van der Waals surface area (Å²) in [6.45, 7) is 0. The summed E-state index contributed by atoms with van der Waals surface area (Å²) in [7, 11) is 0. The van der Waals surface area contributed by atoms with Crippen molar-refractivity contribution in [2.24, 2.45) is 15.2 Å². The van der Waals surface area contributed by atoms with Crippen LogP contribution in [0.4, 0.5) is 0 Å². The highest BCUT2D eigenvalue weighted by Crippen LogP contribution is 2.24. The largest absolute Gasteiger partial charge is 0.283 e. The van der Waals surface area contributed by atoms with Crippen LogP contribution < -0.4 is 10.9 Å². The number of hydrogen-bond donors (Lipinski definition) is 2. The van der Waals surface area contributed by atoms with Gasteiger partial charge >= 0.3 is 0 Å². The van der Waals surface area contributed by atoms with Crippen molar-refractivity contribution >= 4 is 70.7 Å². The molecule has 3 aromatic rings. The van der Waals surface area contributed by atoms with Crippen LogP contribution in [0.15, 0.2) is 81.9 Å². The zero-order valence-corrected chi connectivity index (χ0v) is 19.3. The molecule has 32 heavy (non-hydrogen) atoms. The first-order chi connectivity index (χ1) is 15.4. The molecule has 2 N–H and O–H groups in total. The molecule has 0 unspecified atom stereocenters. The molecule has 0 bridgehead atoms. The Morgan fingerprint density at radius 2 is 1.12 bits per heavy atom. The average Bonchev–Trinajstić information content (AvgIpc) is 2.76. The van der Waals surface area contributed by atoms with Gasteiger partial charge in [-0.15, -0.1) is 0 Å². The fourth-order valence-corrected chi connectivity index (χ4v) is 3.18. The maximum atomic E-state index is 12.7. The van der Waals surface area contributed by atoms with E-state index in [0.717, 1.165) is 11.1 Å². The Bertz CT molecular complexity index is 1100. The number of benzene rings is 3. The average molecular weight is 507 g/mol. The molecule has 6 nitrogen and oxygen atoms in total. The maximum Gasteiger partial charge on any atom is 0.283 e. The predicted octanol–water partition coefficient (Wildman–Crippen LogP) is 6.04. The summed E-state index contributed by atoms with van der Waals surface area (Å²) in [5, 5.41) is 9.74. The molecule has 10 heteroatoms. The summed E-state index contributed by atoms with van der Waals surface area (Å²) < 4.78 is 0. The number of carbonyl (C=O) groups is 1. The van der Waals surface area contributed by atoms with E-state index in [2.05, 4.69) is 26.0 Å². The third-order valence-electron chi connectivity index (χ3n) is 3.90. The highest BCUT2D eigenvalue weighted by atomic mass is 35.5. The second-order valence-corrected chi connectivity index (χ2v) is 7.89. The van der Waals surface area contributed by atoms with E-state index in [1.54, 1.807) is 66.7 Å². The van der Waals surface area contributed by atoms with Gasteiger partial charge in [0.25, 0.3) is 5.91 Å². The van der Waals surface area contributed by atoms with E-state index in [1.165, 1.54) is 12.4 Å². The van der Waals surface area contributed by atoms with Crippen molar-refractivity contribution in [2.75, 3.05) is 0 Å². The smallest absolute Gasteiger partial charge is 0.267 e. The van der Waals surface area contributed by atoms with Gasteiger partial charge in [0.1, 0.15) is 0 Å². The molecule has 0 fully saturated rings. The van der Waals surface area contributed by atoms with Crippen LogP contribution >= 0.6 is 46.4 Å². The van der Waals surface area contributed by atoms with E-state index in [0.29, 0.717) is 10.0 Å². The number of guanidine groups is 1. The number of nitrogens with one attached hydrogen (secondary N) is 2. The Morgan fingerprint density at radius 1 is 0.688 bits per heavy atom. The molecule has 0 saturated carbocycles. The van der Waals surface area contributed by atoms with E-state index < -0.39 is 5.91 Å². The number of aliphatic imine (C=N–C) groups is 1. The Balaban J connectivity index is 1.80. The molecular formula is C22H15Cl4N5O. The van der Waals surface area contributed by atoms with Crippen molar-refractivity contribution in [3.8, 4) is 0 Å². The normalized spacial score (nSPS) is 11.0. The van der Waals surface area contributed by atoms with Crippen molar-refractivity contribution in [1.29, 1.82) is 0 Å². The Morgan fingerprint density at radius 3 is 1.56 bits per heavy atom. The minimum atomic E-state index is -0.668. The van der Waals surface area contributed by atoms with Crippen LogP contribution in [0.5, 0.6) is 0 Å². The van der Waals surface area contributed by atoms with E-state index in [1.807, 2.05) is 0 Å². The van der Waals surface area contributed by atoms with Crippen LogP contribution in [-0.2, 0) is 0 Å². The molecule has 0 heterocycles. The van der Waals surface area contributed by atoms with E-state index >= 15 is 0 Å². The van der Waals surface area contributed by atoms with E-state index in [9.17, 15) is 4.79 Å². The molecule has 0 spiro atoms. The second kappa shape index (κ2) is 11.6. The molecule has 0 radical (unpaired) electrons. The van der Waals surface area contributed by atoms with Gasteiger partial charge in [0, 0.05) is 10.0 Å². The molecule has 3 aromatic carbocycles. The summed E-state index contributed by atoms with van der Waals surface area (Å²) in [5.41, 5.74) is 6.94. The number of hydrazone groups is 2. The lowest BCUT2D eigenvalue weighted by Gasteiger charge is -2.06. The topological polar surface area (TPSA) is 78.2 Å². The van der Waals surface area contributed by atoms with Gasteiger partial charge in [-0.05, 0) is 47.5 Å².